The van der Waals surface area contributed by atoms with Crippen LogP contribution < -0.4 is 14.8 Å². The topological polar surface area (TPSA) is 30.5 Å². The SMILES string of the molecule is CNCCCCCOc1ccc(OC)cc1C(C)(C)C. The lowest BCUT2D eigenvalue weighted by Crippen LogP contribution is -2.14. The molecule has 0 saturated heterocycles. The maximum absolute atomic E-state index is 5.97. The van der Waals surface area contributed by atoms with Gasteiger partial charge in [0.1, 0.15) is 11.5 Å². The normalized spacial score (nSPS) is 11.4. The Kier molecular flexibility index (Phi) is 6.86. The second-order valence-electron chi connectivity index (χ2n) is 6.12. The minimum absolute atomic E-state index is 0.0516. The first-order chi connectivity index (χ1) is 9.49. The summed E-state index contributed by atoms with van der Waals surface area (Å²) in [6.07, 6.45) is 3.49. The van der Waals surface area contributed by atoms with Crippen LogP contribution in [0.3, 0.4) is 0 Å². The summed E-state index contributed by atoms with van der Waals surface area (Å²) in [6, 6.07) is 6.06. The summed E-state index contributed by atoms with van der Waals surface area (Å²) in [4.78, 5) is 0. The second-order valence-corrected chi connectivity index (χ2v) is 6.12. The Labute approximate surface area is 123 Å². The molecule has 3 heteroatoms. The van der Waals surface area contributed by atoms with Crippen LogP contribution in [0.5, 0.6) is 11.5 Å². The Morgan fingerprint density at radius 3 is 2.45 bits per heavy atom. The van der Waals surface area contributed by atoms with Gasteiger partial charge in [-0.15, -0.1) is 0 Å². The van der Waals surface area contributed by atoms with Gasteiger partial charge >= 0.3 is 0 Å². The second kappa shape index (κ2) is 8.15. The molecule has 0 fully saturated rings. The molecule has 0 heterocycles. The van der Waals surface area contributed by atoms with Crippen molar-refractivity contribution < 1.29 is 9.47 Å². The van der Waals surface area contributed by atoms with Gasteiger partial charge in [-0.05, 0) is 56.5 Å². The van der Waals surface area contributed by atoms with Crippen molar-refractivity contribution in [3.63, 3.8) is 0 Å². The van der Waals surface area contributed by atoms with Crippen molar-refractivity contribution in [2.24, 2.45) is 0 Å². The van der Waals surface area contributed by atoms with Crippen molar-refractivity contribution in [3.8, 4) is 11.5 Å². The fraction of sp³-hybridized carbons (Fsp3) is 0.647. The first-order valence-corrected chi connectivity index (χ1v) is 7.45. The van der Waals surface area contributed by atoms with Crippen molar-refractivity contribution in [2.45, 2.75) is 45.4 Å². The summed E-state index contributed by atoms with van der Waals surface area (Å²) < 4.78 is 11.3. The molecule has 0 aromatic heterocycles. The molecule has 0 aliphatic rings. The van der Waals surface area contributed by atoms with E-state index >= 15 is 0 Å². The van der Waals surface area contributed by atoms with Gasteiger partial charge in [0.15, 0.2) is 0 Å². The lowest BCUT2D eigenvalue weighted by Gasteiger charge is -2.23. The minimum Gasteiger partial charge on any atom is -0.497 e. The van der Waals surface area contributed by atoms with Crippen molar-refractivity contribution in [1.82, 2.24) is 5.32 Å². The van der Waals surface area contributed by atoms with Crippen LogP contribution in [-0.2, 0) is 5.41 Å². The zero-order chi connectivity index (χ0) is 15.0. The van der Waals surface area contributed by atoms with E-state index in [-0.39, 0.29) is 5.41 Å². The van der Waals surface area contributed by atoms with E-state index < -0.39 is 0 Å². The smallest absolute Gasteiger partial charge is 0.123 e. The molecule has 0 spiro atoms. The van der Waals surface area contributed by atoms with Crippen LogP contribution in [0.2, 0.25) is 0 Å². The molecule has 1 rings (SSSR count). The number of unbranched alkanes of at least 4 members (excludes halogenated alkanes) is 2. The lowest BCUT2D eigenvalue weighted by atomic mass is 9.86. The Morgan fingerprint density at radius 2 is 1.85 bits per heavy atom. The third-order valence-electron chi connectivity index (χ3n) is 3.32. The van der Waals surface area contributed by atoms with E-state index in [9.17, 15) is 0 Å². The van der Waals surface area contributed by atoms with E-state index in [0.29, 0.717) is 0 Å². The quantitative estimate of drug-likeness (QED) is 0.735. The number of methoxy groups -OCH3 is 1. The van der Waals surface area contributed by atoms with Crippen LogP contribution in [0, 0.1) is 0 Å². The molecular formula is C17H29NO2. The average molecular weight is 279 g/mol. The van der Waals surface area contributed by atoms with Crippen LogP contribution in [0.1, 0.15) is 45.6 Å². The zero-order valence-electron chi connectivity index (χ0n) is 13.6. The molecule has 1 N–H and O–H groups in total. The van der Waals surface area contributed by atoms with Gasteiger partial charge in [0.05, 0.1) is 13.7 Å². The molecule has 0 aliphatic carbocycles. The number of hydrogen-bond acceptors (Lipinski definition) is 3. The molecule has 0 aliphatic heterocycles. The number of benzene rings is 1. The number of rotatable bonds is 8. The molecule has 114 valence electrons. The van der Waals surface area contributed by atoms with Gasteiger partial charge in [-0.1, -0.05) is 20.8 Å². The standard InChI is InChI=1S/C17H29NO2/c1-17(2,3)15-13-14(19-5)9-10-16(15)20-12-8-6-7-11-18-4/h9-10,13,18H,6-8,11-12H2,1-5H3. The fourth-order valence-corrected chi connectivity index (χ4v) is 2.11. The average Bonchev–Trinajstić information content (AvgIpc) is 2.41. The summed E-state index contributed by atoms with van der Waals surface area (Å²) in [7, 11) is 3.69. The first-order valence-electron chi connectivity index (χ1n) is 7.45. The van der Waals surface area contributed by atoms with Gasteiger partial charge in [-0.25, -0.2) is 0 Å². The monoisotopic (exact) mass is 279 g/mol. The number of ether oxygens (including phenoxy) is 2. The van der Waals surface area contributed by atoms with E-state index in [0.717, 1.165) is 31.1 Å². The minimum atomic E-state index is 0.0516. The molecule has 0 saturated carbocycles. The summed E-state index contributed by atoms with van der Waals surface area (Å²) in [6.45, 7) is 8.44. The van der Waals surface area contributed by atoms with Crippen LogP contribution in [0.25, 0.3) is 0 Å². The Hall–Kier alpha value is -1.22. The Bertz CT molecular complexity index is 396. The molecule has 0 radical (unpaired) electrons. The van der Waals surface area contributed by atoms with Crippen LogP contribution in [-0.4, -0.2) is 27.3 Å². The molecule has 0 unspecified atom stereocenters. The van der Waals surface area contributed by atoms with Gasteiger partial charge in [0, 0.05) is 5.56 Å². The predicted molar refractivity (Wildman–Crippen MR) is 85.0 cm³/mol. The summed E-state index contributed by atoms with van der Waals surface area (Å²) in [5, 5.41) is 3.16. The molecule has 0 amide bonds. The highest BCUT2D eigenvalue weighted by Crippen LogP contribution is 2.34. The van der Waals surface area contributed by atoms with Gasteiger partial charge < -0.3 is 14.8 Å². The van der Waals surface area contributed by atoms with E-state index in [1.54, 1.807) is 7.11 Å². The van der Waals surface area contributed by atoms with Crippen LogP contribution in [0.15, 0.2) is 18.2 Å². The summed E-state index contributed by atoms with van der Waals surface area (Å²) in [5.74, 6) is 1.86. The van der Waals surface area contributed by atoms with Gasteiger partial charge in [0.25, 0.3) is 0 Å². The molecule has 1 aromatic carbocycles. The Morgan fingerprint density at radius 1 is 1.10 bits per heavy atom. The first kappa shape index (κ1) is 16.8. The van der Waals surface area contributed by atoms with E-state index in [1.165, 1.54) is 18.4 Å². The highest BCUT2D eigenvalue weighted by molar-refractivity contribution is 5.44. The van der Waals surface area contributed by atoms with E-state index in [1.807, 2.05) is 19.2 Å². The maximum Gasteiger partial charge on any atom is 0.123 e. The number of nitrogens with one attached hydrogen (secondary N) is 1. The summed E-state index contributed by atoms with van der Waals surface area (Å²) in [5.41, 5.74) is 1.25. The lowest BCUT2D eigenvalue weighted by molar-refractivity contribution is 0.296. The van der Waals surface area contributed by atoms with Gasteiger partial charge in [0.2, 0.25) is 0 Å². The Balaban J connectivity index is 2.60. The van der Waals surface area contributed by atoms with Gasteiger partial charge in [-0.2, -0.15) is 0 Å². The van der Waals surface area contributed by atoms with Crippen molar-refractivity contribution in [3.05, 3.63) is 23.8 Å². The zero-order valence-corrected chi connectivity index (χ0v) is 13.6. The van der Waals surface area contributed by atoms with Crippen molar-refractivity contribution in [1.29, 1.82) is 0 Å². The van der Waals surface area contributed by atoms with Crippen molar-refractivity contribution >= 4 is 0 Å². The maximum atomic E-state index is 5.97. The highest BCUT2D eigenvalue weighted by atomic mass is 16.5. The molecule has 1 aromatic rings. The molecule has 3 nitrogen and oxygen atoms in total. The van der Waals surface area contributed by atoms with E-state index in [4.69, 9.17) is 9.47 Å². The highest BCUT2D eigenvalue weighted by Gasteiger charge is 2.19. The van der Waals surface area contributed by atoms with E-state index in [2.05, 4.69) is 32.2 Å². The summed E-state index contributed by atoms with van der Waals surface area (Å²) >= 11 is 0. The fourth-order valence-electron chi connectivity index (χ4n) is 2.11. The third-order valence-corrected chi connectivity index (χ3v) is 3.32. The molecule has 20 heavy (non-hydrogen) atoms. The number of hydrogen-bond donors (Lipinski definition) is 1. The van der Waals surface area contributed by atoms with Crippen molar-refractivity contribution in [2.75, 3.05) is 27.3 Å². The molecule has 0 bridgehead atoms. The largest absolute Gasteiger partial charge is 0.497 e. The van der Waals surface area contributed by atoms with Gasteiger partial charge in [-0.3, -0.25) is 0 Å². The molecule has 0 atom stereocenters. The third kappa shape index (κ3) is 5.41. The van der Waals surface area contributed by atoms with Crippen LogP contribution >= 0.6 is 0 Å². The molecular weight excluding hydrogens is 250 g/mol. The van der Waals surface area contributed by atoms with Crippen LogP contribution in [0.4, 0.5) is 0 Å². The predicted octanol–water partition coefficient (Wildman–Crippen LogP) is 3.76.